The van der Waals surface area contributed by atoms with Gasteiger partial charge in [-0.25, -0.2) is 0 Å². The van der Waals surface area contributed by atoms with Gasteiger partial charge < -0.3 is 0 Å². The summed E-state index contributed by atoms with van der Waals surface area (Å²) in [5.74, 6) is 0.826. The zero-order valence-electron chi connectivity index (χ0n) is 9.25. The monoisotopic (exact) mass is 206 g/mol. The van der Waals surface area contributed by atoms with Gasteiger partial charge in [0.1, 0.15) is 7.85 Å². The molecule has 0 aliphatic rings. The number of thiophene rings is 1. The Balaban J connectivity index is 2.44. The van der Waals surface area contributed by atoms with Crippen molar-refractivity contribution in [2.75, 3.05) is 0 Å². The van der Waals surface area contributed by atoms with Crippen molar-refractivity contribution in [3.8, 4) is 0 Å². The van der Waals surface area contributed by atoms with E-state index in [2.05, 4.69) is 25.3 Å². The molecule has 2 heteroatoms. The first-order chi connectivity index (χ1) is 6.77. The van der Waals surface area contributed by atoms with Crippen molar-refractivity contribution in [1.82, 2.24) is 0 Å². The van der Waals surface area contributed by atoms with Crippen molar-refractivity contribution in [2.24, 2.45) is 5.92 Å². The lowest BCUT2D eigenvalue weighted by molar-refractivity contribution is 0.450. The van der Waals surface area contributed by atoms with Crippen molar-refractivity contribution in [2.45, 2.75) is 46.0 Å². The first-order valence-electron chi connectivity index (χ1n) is 5.59. The first-order valence-corrected chi connectivity index (χ1v) is 6.47. The molecule has 0 aliphatic carbocycles. The molecule has 0 aromatic carbocycles. The summed E-state index contributed by atoms with van der Waals surface area (Å²) in [6.45, 7) is 4.54. The van der Waals surface area contributed by atoms with Crippen LogP contribution in [0.4, 0.5) is 0 Å². The van der Waals surface area contributed by atoms with E-state index in [4.69, 9.17) is 7.85 Å². The van der Waals surface area contributed by atoms with E-state index in [0.29, 0.717) is 0 Å². The first kappa shape index (κ1) is 11.8. The maximum Gasteiger partial charge on any atom is 0.129 e. The van der Waals surface area contributed by atoms with E-state index in [-0.39, 0.29) is 0 Å². The minimum absolute atomic E-state index is 0.826. The Bertz CT molecular complexity index is 255. The van der Waals surface area contributed by atoms with Crippen LogP contribution in [0.25, 0.3) is 0 Å². The Hall–Kier alpha value is -0.235. The van der Waals surface area contributed by atoms with Gasteiger partial charge in [0.15, 0.2) is 0 Å². The zero-order chi connectivity index (χ0) is 10.4. The highest BCUT2D eigenvalue weighted by molar-refractivity contribution is 7.18. The normalized spacial score (nSPS) is 13.0. The molecule has 0 fully saturated rings. The van der Waals surface area contributed by atoms with Crippen molar-refractivity contribution in [3.63, 3.8) is 0 Å². The second-order valence-electron chi connectivity index (χ2n) is 3.93. The number of unbranched alkanes of at least 4 members (excludes halogenated alkanes) is 1. The summed E-state index contributed by atoms with van der Waals surface area (Å²) in [6.07, 6.45) is 6.45. The summed E-state index contributed by atoms with van der Waals surface area (Å²) in [7, 11) is 5.89. The summed E-state index contributed by atoms with van der Waals surface area (Å²) in [5, 5.41) is 2.09. The van der Waals surface area contributed by atoms with Crippen LogP contribution in [0.15, 0.2) is 11.4 Å². The van der Waals surface area contributed by atoms with E-state index >= 15 is 0 Å². The van der Waals surface area contributed by atoms with Crippen LogP contribution in [-0.4, -0.2) is 7.85 Å². The highest BCUT2D eigenvalue weighted by atomic mass is 32.1. The molecule has 14 heavy (non-hydrogen) atoms. The molecule has 2 radical (unpaired) electrons. The zero-order valence-corrected chi connectivity index (χ0v) is 10.1. The second kappa shape index (κ2) is 6.29. The summed E-state index contributed by atoms with van der Waals surface area (Å²) in [4.78, 5) is 0. The lowest BCUT2D eigenvalue weighted by atomic mass is 9.89. The van der Waals surface area contributed by atoms with E-state index in [1.54, 1.807) is 11.3 Å². The predicted octanol–water partition coefficient (Wildman–Crippen LogP) is 3.30. The molecule has 0 saturated heterocycles. The van der Waals surface area contributed by atoms with E-state index in [1.165, 1.54) is 37.7 Å². The molecule has 0 N–H and O–H groups in total. The fourth-order valence-electron chi connectivity index (χ4n) is 1.77. The van der Waals surface area contributed by atoms with Crippen LogP contribution in [0, 0.1) is 5.92 Å². The minimum atomic E-state index is 0.826. The van der Waals surface area contributed by atoms with Gasteiger partial charge in [0.2, 0.25) is 0 Å². The minimum Gasteiger partial charge on any atom is -0.160 e. The molecule has 1 heterocycles. The van der Waals surface area contributed by atoms with Gasteiger partial charge in [-0.3, -0.25) is 0 Å². The third-order valence-corrected chi connectivity index (χ3v) is 3.62. The number of hydrogen-bond acceptors (Lipinski definition) is 1. The smallest absolute Gasteiger partial charge is 0.129 e. The molecule has 1 atom stereocenters. The molecule has 0 bridgehead atoms. The second-order valence-corrected chi connectivity index (χ2v) is 4.88. The van der Waals surface area contributed by atoms with Gasteiger partial charge >= 0.3 is 0 Å². The predicted molar refractivity (Wildman–Crippen MR) is 66.7 cm³/mol. The van der Waals surface area contributed by atoms with Gasteiger partial charge in [-0.15, -0.1) is 0 Å². The van der Waals surface area contributed by atoms with Gasteiger partial charge in [-0.1, -0.05) is 39.5 Å². The standard InChI is InChI=1S/C12H19BS/c1-3-5-6-10(4-2)9-11-7-8-14-12(11)13/h7-8,10H,3-6,9H2,1-2H3. The Morgan fingerprint density at radius 1 is 1.43 bits per heavy atom. The van der Waals surface area contributed by atoms with Crippen LogP contribution >= 0.6 is 11.3 Å². The lowest BCUT2D eigenvalue weighted by Gasteiger charge is -2.14. The highest BCUT2D eigenvalue weighted by Gasteiger charge is 2.08. The molecular weight excluding hydrogens is 187 g/mol. The molecule has 76 valence electrons. The Kier molecular flexibility index (Phi) is 5.32. The number of hydrogen-bond donors (Lipinski definition) is 0. The van der Waals surface area contributed by atoms with Crippen LogP contribution in [0.2, 0.25) is 0 Å². The quantitative estimate of drug-likeness (QED) is 0.626. The molecule has 1 unspecified atom stereocenters. The van der Waals surface area contributed by atoms with Crippen molar-refractivity contribution in [3.05, 3.63) is 17.0 Å². The third kappa shape index (κ3) is 3.49. The molecule has 0 nitrogen and oxygen atoms in total. The number of rotatable bonds is 6. The molecular formula is C12H19BS. The van der Waals surface area contributed by atoms with Gasteiger partial charge in [-0.2, -0.15) is 11.3 Å². The Labute approximate surface area is 93.1 Å². The van der Waals surface area contributed by atoms with Gasteiger partial charge in [0, 0.05) is 0 Å². The molecule has 1 aromatic rings. The highest BCUT2D eigenvalue weighted by Crippen LogP contribution is 2.18. The topological polar surface area (TPSA) is 0 Å². The van der Waals surface area contributed by atoms with Crippen LogP contribution < -0.4 is 4.78 Å². The fraction of sp³-hybridized carbons (Fsp3) is 0.667. The third-order valence-electron chi connectivity index (χ3n) is 2.83. The summed E-state index contributed by atoms with van der Waals surface area (Å²) >= 11 is 1.66. The van der Waals surface area contributed by atoms with Crippen LogP contribution in [0.1, 0.15) is 45.1 Å². The maximum atomic E-state index is 5.89. The van der Waals surface area contributed by atoms with E-state index in [0.717, 1.165) is 10.7 Å². The molecule has 0 amide bonds. The average Bonchev–Trinajstić information content (AvgIpc) is 2.59. The summed E-state index contributed by atoms with van der Waals surface area (Å²) < 4.78 is 1.01. The van der Waals surface area contributed by atoms with Crippen LogP contribution in [0.5, 0.6) is 0 Å². The van der Waals surface area contributed by atoms with E-state index in [1.807, 2.05) is 0 Å². The van der Waals surface area contributed by atoms with Crippen LogP contribution in [-0.2, 0) is 6.42 Å². The fourth-order valence-corrected chi connectivity index (χ4v) is 2.45. The van der Waals surface area contributed by atoms with Gasteiger partial charge in [0.25, 0.3) is 0 Å². The van der Waals surface area contributed by atoms with Crippen molar-refractivity contribution in [1.29, 1.82) is 0 Å². The molecule has 0 spiro atoms. The summed E-state index contributed by atoms with van der Waals surface area (Å²) in [6, 6.07) is 2.18. The maximum absolute atomic E-state index is 5.89. The average molecular weight is 206 g/mol. The van der Waals surface area contributed by atoms with Crippen molar-refractivity contribution < 1.29 is 0 Å². The molecule has 0 saturated carbocycles. The molecule has 1 aromatic heterocycles. The van der Waals surface area contributed by atoms with Gasteiger partial charge in [0.05, 0.1) is 0 Å². The largest absolute Gasteiger partial charge is 0.160 e. The SMILES string of the molecule is [B]c1sccc1CC(CC)CCCC. The van der Waals surface area contributed by atoms with Crippen LogP contribution in [0.3, 0.4) is 0 Å². The lowest BCUT2D eigenvalue weighted by Crippen LogP contribution is -2.10. The van der Waals surface area contributed by atoms with Crippen molar-refractivity contribution >= 4 is 24.0 Å². The van der Waals surface area contributed by atoms with E-state index < -0.39 is 0 Å². The molecule has 0 aliphatic heterocycles. The van der Waals surface area contributed by atoms with Gasteiger partial charge in [-0.05, 0) is 34.1 Å². The Morgan fingerprint density at radius 2 is 2.21 bits per heavy atom. The molecule has 1 rings (SSSR count). The van der Waals surface area contributed by atoms with E-state index in [9.17, 15) is 0 Å². The Morgan fingerprint density at radius 3 is 2.71 bits per heavy atom. The summed E-state index contributed by atoms with van der Waals surface area (Å²) in [5.41, 5.74) is 1.36.